The summed E-state index contributed by atoms with van der Waals surface area (Å²) >= 11 is 6.01. The minimum Gasteiger partial charge on any atom is -0.394 e. The first-order chi connectivity index (χ1) is 9.45. The van der Waals surface area contributed by atoms with Gasteiger partial charge in [0.15, 0.2) is 12.1 Å². The molecule has 0 amide bonds. The maximum absolute atomic E-state index is 10.0. The molecule has 110 valence electrons. The van der Waals surface area contributed by atoms with Crippen LogP contribution in [0.3, 0.4) is 0 Å². The molecule has 0 aromatic carbocycles. The zero-order valence-corrected chi connectivity index (χ0v) is 11.1. The maximum Gasteiger partial charge on any atom is 0.232 e. The molecule has 0 aromatic heterocycles. The van der Waals surface area contributed by atoms with E-state index in [9.17, 15) is 10.2 Å². The summed E-state index contributed by atoms with van der Waals surface area (Å²) in [6, 6.07) is 0. The predicted octanol–water partition coefficient (Wildman–Crippen LogP) is -2.57. The van der Waals surface area contributed by atoms with Crippen LogP contribution in [0.4, 0.5) is 0 Å². The Morgan fingerprint density at radius 2 is 2.25 bits per heavy atom. The number of halogens is 1. The highest BCUT2D eigenvalue weighted by Crippen LogP contribution is 2.29. The zero-order valence-electron chi connectivity index (χ0n) is 10.3. The van der Waals surface area contributed by atoms with E-state index < -0.39 is 36.3 Å². The second-order valence-electron chi connectivity index (χ2n) is 4.72. The Bertz CT molecular complexity index is 508. The van der Waals surface area contributed by atoms with Crippen molar-refractivity contribution in [2.75, 3.05) is 13.3 Å². The number of ether oxygens (including phenoxy) is 1. The van der Waals surface area contributed by atoms with E-state index in [4.69, 9.17) is 27.2 Å². The molecule has 0 saturated carbocycles. The summed E-state index contributed by atoms with van der Waals surface area (Å²) in [5, 5.41) is 27.4. The van der Waals surface area contributed by atoms with E-state index in [-0.39, 0.29) is 12.4 Å². The molecule has 1 unspecified atom stereocenters. The van der Waals surface area contributed by atoms with Gasteiger partial charge >= 0.3 is 0 Å². The largest absolute Gasteiger partial charge is 0.394 e. The number of nitrogens with two attached hydrogens (primary N) is 1. The van der Waals surface area contributed by atoms with Crippen molar-refractivity contribution >= 4 is 29.5 Å². The lowest BCUT2D eigenvalue weighted by molar-refractivity contribution is -0.0688. The molecule has 10 heteroatoms. The summed E-state index contributed by atoms with van der Waals surface area (Å²) in [4.78, 5) is 13.5. The second-order valence-corrected chi connectivity index (χ2v) is 5.29. The van der Waals surface area contributed by atoms with Crippen LogP contribution in [0.1, 0.15) is 0 Å². The van der Waals surface area contributed by atoms with Crippen molar-refractivity contribution in [3.63, 3.8) is 0 Å². The first-order valence-corrected chi connectivity index (χ1v) is 6.37. The number of aliphatic hydroxyl groups excluding tert-OH is 3. The minimum atomic E-state index is -1.50. The molecule has 3 rings (SSSR count). The highest BCUT2D eigenvalue weighted by atomic mass is 35.5. The molecule has 0 radical (unpaired) electrons. The Labute approximate surface area is 119 Å². The molecule has 9 nitrogen and oxygen atoms in total. The van der Waals surface area contributed by atoms with Crippen molar-refractivity contribution in [1.82, 2.24) is 4.90 Å². The Kier molecular flexibility index (Phi) is 3.27. The fourth-order valence-corrected chi connectivity index (χ4v) is 2.58. The first-order valence-electron chi connectivity index (χ1n) is 5.99. The van der Waals surface area contributed by atoms with Gasteiger partial charge in [0.25, 0.3) is 0 Å². The molecular weight excluding hydrogens is 290 g/mol. The van der Waals surface area contributed by atoms with Gasteiger partial charge in [0.2, 0.25) is 5.12 Å². The maximum atomic E-state index is 10.0. The van der Waals surface area contributed by atoms with Crippen molar-refractivity contribution in [1.29, 1.82) is 0 Å². The summed E-state index contributed by atoms with van der Waals surface area (Å²) in [5.41, 5.74) is 6.05. The number of aliphatic imine (C=N–C) groups is 3. The Morgan fingerprint density at radius 3 is 2.90 bits per heavy atom. The van der Waals surface area contributed by atoms with Gasteiger partial charge in [-0.05, 0) is 0 Å². The van der Waals surface area contributed by atoms with Gasteiger partial charge in [0.05, 0.1) is 6.61 Å². The number of alkyl halides is 1. The number of aliphatic hydroxyl groups is 3. The van der Waals surface area contributed by atoms with Gasteiger partial charge in [-0.2, -0.15) is 0 Å². The molecule has 0 spiro atoms. The van der Waals surface area contributed by atoms with Crippen LogP contribution in [0.2, 0.25) is 0 Å². The molecule has 5 atom stereocenters. The summed E-state index contributed by atoms with van der Waals surface area (Å²) in [6.07, 6.45) is -2.94. The van der Waals surface area contributed by atoms with Crippen LogP contribution in [-0.2, 0) is 4.74 Å². The SMILES string of the molecule is NC1(Cl)N=CN=C2C1=NCN2[C@@H]1O[C@H](CO)[C@@H](O)[C@H]1O. The van der Waals surface area contributed by atoms with Gasteiger partial charge in [0.1, 0.15) is 37.0 Å². The van der Waals surface area contributed by atoms with Crippen LogP contribution in [0, 0.1) is 0 Å². The molecule has 0 bridgehead atoms. The lowest BCUT2D eigenvalue weighted by Gasteiger charge is -2.30. The van der Waals surface area contributed by atoms with E-state index in [1.54, 1.807) is 0 Å². The van der Waals surface area contributed by atoms with Crippen molar-refractivity contribution < 1.29 is 20.1 Å². The Hall–Kier alpha value is -1.10. The highest BCUT2D eigenvalue weighted by molar-refractivity contribution is 6.56. The molecule has 3 aliphatic rings. The van der Waals surface area contributed by atoms with Gasteiger partial charge in [0, 0.05) is 0 Å². The van der Waals surface area contributed by atoms with Gasteiger partial charge in [-0.1, -0.05) is 11.6 Å². The van der Waals surface area contributed by atoms with E-state index in [2.05, 4.69) is 15.0 Å². The fraction of sp³-hybridized carbons (Fsp3) is 0.700. The molecule has 3 heterocycles. The summed E-state index contributed by atoms with van der Waals surface area (Å²) in [5.74, 6) is 0.340. The van der Waals surface area contributed by atoms with E-state index in [1.807, 2.05) is 0 Å². The third-order valence-corrected chi connectivity index (χ3v) is 3.72. The van der Waals surface area contributed by atoms with Crippen LogP contribution in [-0.4, -0.2) is 81.0 Å². The smallest absolute Gasteiger partial charge is 0.232 e. The molecular formula is C10H14ClN5O4. The summed E-state index contributed by atoms with van der Waals surface area (Å²) in [7, 11) is 0. The van der Waals surface area contributed by atoms with Gasteiger partial charge in [-0.3, -0.25) is 10.7 Å². The Morgan fingerprint density at radius 1 is 1.50 bits per heavy atom. The average Bonchev–Trinajstić information content (AvgIpc) is 2.94. The van der Waals surface area contributed by atoms with Gasteiger partial charge < -0.3 is 25.0 Å². The fourth-order valence-electron chi connectivity index (χ4n) is 2.39. The summed E-state index contributed by atoms with van der Waals surface area (Å²) in [6.45, 7) is -0.281. The molecule has 20 heavy (non-hydrogen) atoms. The second kappa shape index (κ2) is 4.72. The highest BCUT2D eigenvalue weighted by Gasteiger charge is 2.50. The van der Waals surface area contributed by atoms with Crippen LogP contribution in [0.5, 0.6) is 0 Å². The number of rotatable bonds is 2. The standard InChI is InChI=1S/C10H14ClN5O4/c11-10(12)7-8(13-2-15-10)16(3-14-7)9-6(19)5(18)4(1-17)20-9/h2,4-6,9,17-19H,1,3,12H2/t4-,5-,6-,9-,10?/m1/s1. The van der Waals surface area contributed by atoms with Crippen molar-refractivity contribution in [2.24, 2.45) is 20.7 Å². The Balaban J connectivity index is 1.85. The predicted molar refractivity (Wildman–Crippen MR) is 70.6 cm³/mol. The zero-order chi connectivity index (χ0) is 14.5. The topological polar surface area (TPSA) is 136 Å². The number of fused-ring (bicyclic) bond motifs is 1. The molecule has 5 N–H and O–H groups in total. The van der Waals surface area contributed by atoms with Gasteiger partial charge in [-0.15, -0.1) is 0 Å². The lowest BCUT2D eigenvalue weighted by atomic mass is 10.1. The van der Waals surface area contributed by atoms with E-state index >= 15 is 0 Å². The third-order valence-electron chi connectivity index (χ3n) is 3.45. The monoisotopic (exact) mass is 303 g/mol. The molecule has 1 fully saturated rings. The van der Waals surface area contributed by atoms with Crippen molar-refractivity contribution in [3.8, 4) is 0 Å². The number of hydrogen-bond donors (Lipinski definition) is 4. The van der Waals surface area contributed by atoms with E-state index in [0.29, 0.717) is 5.84 Å². The van der Waals surface area contributed by atoms with Crippen LogP contribution in [0.25, 0.3) is 0 Å². The van der Waals surface area contributed by atoms with Crippen molar-refractivity contribution in [3.05, 3.63) is 0 Å². The van der Waals surface area contributed by atoms with E-state index in [0.717, 1.165) is 0 Å². The quantitative estimate of drug-likeness (QED) is 0.327. The average molecular weight is 304 g/mol. The van der Waals surface area contributed by atoms with Crippen molar-refractivity contribution in [2.45, 2.75) is 29.7 Å². The van der Waals surface area contributed by atoms with Crippen LogP contribution >= 0.6 is 11.6 Å². The number of nitrogens with zero attached hydrogens (tertiary/aromatic N) is 4. The molecule has 1 saturated heterocycles. The first kappa shape index (κ1) is 13.9. The normalized spacial score (nSPS) is 43.5. The molecule has 0 aromatic rings. The summed E-state index contributed by atoms with van der Waals surface area (Å²) < 4.78 is 5.43. The number of hydrogen-bond acceptors (Lipinski definition) is 9. The van der Waals surface area contributed by atoms with Gasteiger partial charge in [-0.25, -0.2) is 9.98 Å². The van der Waals surface area contributed by atoms with E-state index in [1.165, 1.54) is 11.2 Å². The number of amidine groups is 1. The molecule has 3 aliphatic heterocycles. The lowest BCUT2D eigenvalue weighted by Crippen LogP contribution is -2.52. The van der Waals surface area contributed by atoms with Crippen LogP contribution < -0.4 is 5.73 Å². The molecule has 0 aliphatic carbocycles. The third kappa shape index (κ3) is 1.94. The van der Waals surface area contributed by atoms with Crippen LogP contribution in [0.15, 0.2) is 15.0 Å². The minimum absolute atomic E-state index is 0.121.